The van der Waals surface area contributed by atoms with E-state index >= 15 is 0 Å². The number of hydrogen-bond donors (Lipinski definition) is 1. The molecule has 4 nitrogen and oxygen atoms in total. The molecule has 2 aromatic carbocycles. The van der Waals surface area contributed by atoms with Gasteiger partial charge < -0.3 is 9.88 Å². The number of carbonyl (C=O) groups excluding carboxylic acids is 1. The summed E-state index contributed by atoms with van der Waals surface area (Å²) in [6.45, 7) is 8.49. The van der Waals surface area contributed by atoms with Crippen molar-refractivity contribution in [1.29, 1.82) is 0 Å². The first kappa shape index (κ1) is 17.9. The number of hydrogen-bond acceptors (Lipinski definition) is 2. The Morgan fingerprint density at radius 1 is 1.04 bits per heavy atom. The van der Waals surface area contributed by atoms with Gasteiger partial charge in [0.2, 0.25) is 0 Å². The molecule has 1 amide bonds. The van der Waals surface area contributed by atoms with Crippen LogP contribution in [-0.4, -0.2) is 15.5 Å². The van der Waals surface area contributed by atoms with E-state index in [2.05, 4.69) is 31.1 Å². The summed E-state index contributed by atoms with van der Waals surface area (Å²) in [7, 11) is 0. The molecule has 0 aliphatic rings. The fourth-order valence-corrected chi connectivity index (χ4v) is 2.83. The number of rotatable bonds is 4. The molecule has 26 heavy (non-hydrogen) atoms. The summed E-state index contributed by atoms with van der Waals surface area (Å²) in [4.78, 5) is 16.6. The molecule has 0 fully saturated rings. The molecule has 0 saturated carbocycles. The van der Waals surface area contributed by atoms with Crippen molar-refractivity contribution in [2.45, 2.75) is 39.2 Å². The van der Waals surface area contributed by atoms with Crippen LogP contribution in [0.3, 0.4) is 0 Å². The van der Waals surface area contributed by atoms with Gasteiger partial charge in [-0.3, -0.25) is 4.79 Å². The van der Waals surface area contributed by atoms with Crippen molar-refractivity contribution in [3.8, 4) is 5.69 Å². The molecule has 134 valence electrons. The molecule has 3 rings (SSSR count). The molecule has 0 bridgehead atoms. The predicted octanol–water partition coefficient (Wildman–Crippen LogP) is 4.66. The largest absolute Gasteiger partial charge is 0.346 e. The van der Waals surface area contributed by atoms with Crippen LogP contribution in [0.25, 0.3) is 5.69 Å². The lowest BCUT2D eigenvalue weighted by Gasteiger charge is -2.19. The van der Waals surface area contributed by atoms with Gasteiger partial charge in [-0.15, -0.1) is 0 Å². The van der Waals surface area contributed by atoms with Gasteiger partial charge in [0, 0.05) is 23.6 Å². The fraction of sp³-hybridized carbons (Fsp3) is 0.273. The highest BCUT2D eigenvalue weighted by molar-refractivity contribution is 5.94. The number of nitrogens with zero attached hydrogens (tertiary/aromatic N) is 2. The Bertz CT molecular complexity index is 857. The second-order valence-corrected chi connectivity index (χ2v) is 7.58. The molecule has 1 atom stereocenters. The molecular formula is C22H25N3O. The van der Waals surface area contributed by atoms with E-state index in [0.29, 0.717) is 5.56 Å². The Morgan fingerprint density at radius 3 is 2.23 bits per heavy atom. The van der Waals surface area contributed by atoms with Crippen LogP contribution in [0.1, 0.15) is 55.2 Å². The molecule has 4 heteroatoms. The zero-order valence-electron chi connectivity index (χ0n) is 15.7. The van der Waals surface area contributed by atoms with Gasteiger partial charge in [0.05, 0.1) is 12.4 Å². The van der Waals surface area contributed by atoms with Gasteiger partial charge in [0.1, 0.15) is 0 Å². The normalized spacial score (nSPS) is 12.6. The Morgan fingerprint density at radius 2 is 1.69 bits per heavy atom. The van der Waals surface area contributed by atoms with Crippen LogP contribution in [-0.2, 0) is 5.41 Å². The number of nitrogens with one attached hydrogen (secondary N) is 1. The summed E-state index contributed by atoms with van der Waals surface area (Å²) < 4.78 is 1.95. The van der Waals surface area contributed by atoms with Crippen LogP contribution in [0.15, 0.2) is 67.3 Å². The first-order valence-corrected chi connectivity index (χ1v) is 8.84. The SMILES string of the molecule is CC(NC(=O)c1ccc(C(C)(C)C)cc1)c1ccc(-n2ccnc2)cc1. The van der Waals surface area contributed by atoms with Crippen molar-refractivity contribution in [3.05, 3.63) is 83.9 Å². The van der Waals surface area contributed by atoms with Gasteiger partial charge in [-0.25, -0.2) is 4.98 Å². The lowest BCUT2D eigenvalue weighted by molar-refractivity contribution is 0.0940. The van der Waals surface area contributed by atoms with Crippen LogP contribution in [0, 0.1) is 0 Å². The second kappa shape index (κ2) is 7.16. The van der Waals surface area contributed by atoms with Crippen molar-refractivity contribution < 1.29 is 4.79 Å². The highest BCUT2D eigenvalue weighted by Crippen LogP contribution is 2.22. The zero-order valence-corrected chi connectivity index (χ0v) is 15.7. The minimum atomic E-state index is -0.0679. The predicted molar refractivity (Wildman–Crippen MR) is 105 cm³/mol. The van der Waals surface area contributed by atoms with E-state index in [0.717, 1.165) is 11.3 Å². The quantitative estimate of drug-likeness (QED) is 0.746. The number of carbonyl (C=O) groups is 1. The lowest BCUT2D eigenvalue weighted by Crippen LogP contribution is -2.26. The van der Waals surface area contributed by atoms with Gasteiger partial charge in [0.25, 0.3) is 5.91 Å². The van der Waals surface area contributed by atoms with Crippen molar-refractivity contribution in [1.82, 2.24) is 14.9 Å². The average molecular weight is 347 g/mol. The molecular weight excluding hydrogens is 322 g/mol. The van der Waals surface area contributed by atoms with E-state index in [4.69, 9.17) is 0 Å². The topological polar surface area (TPSA) is 46.9 Å². The summed E-state index contributed by atoms with van der Waals surface area (Å²) in [5.41, 5.74) is 4.09. The van der Waals surface area contributed by atoms with Crippen molar-refractivity contribution in [2.24, 2.45) is 0 Å². The van der Waals surface area contributed by atoms with Crippen molar-refractivity contribution in [3.63, 3.8) is 0 Å². The fourth-order valence-electron chi connectivity index (χ4n) is 2.83. The van der Waals surface area contributed by atoms with Gasteiger partial charge in [-0.1, -0.05) is 45.0 Å². The third-order valence-corrected chi connectivity index (χ3v) is 4.56. The minimum Gasteiger partial charge on any atom is -0.346 e. The number of benzene rings is 2. The molecule has 0 aliphatic carbocycles. The molecule has 1 unspecified atom stereocenters. The summed E-state index contributed by atoms with van der Waals surface area (Å²) >= 11 is 0. The Kier molecular flexibility index (Phi) is 4.94. The smallest absolute Gasteiger partial charge is 0.251 e. The summed E-state index contributed by atoms with van der Waals surface area (Å²) in [5, 5.41) is 3.07. The van der Waals surface area contributed by atoms with Crippen molar-refractivity contribution >= 4 is 5.91 Å². The number of amides is 1. The van der Waals surface area contributed by atoms with Gasteiger partial charge in [-0.2, -0.15) is 0 Å². The van der Waals surface area contributed by atoms with Crippen LogP contribution >= 0.6 is 0 Å². The Labute approximate surface area is 154 Å². The summed E-state index contributed by atoms with van der Waals surface area (Å²) in [6.07, 6.45) is 5.42. The van der Waals surface area contributed by atoms with Gasteiger partial charge >= 0.3 is 0 Å². The summed E-state index contributed by atoms with van der Waals surface area (Å²) in [6, 6.07) is 15.9. The van der Waals surface area contributed by atoms with Crippen LogP contribution in [0.2, 0.25) is 0 Å². The Balaban J connectivity index is 1.67. The maximum Gasteiger partial charge on any atom is 0.251 e. The van der Waals surface area contributed by atoms with Gasteiger partial charge in [-0.05, 0) is 47.7 Å². The van der Waals surface area contributed by atoms with E-state index in [1.807, 2.05) is 66.2 Å². The van der Waals surface area contributed by atoms with Crippen LogP contribution in [0.5, 0.6) is 0 Å². The van der Waals surface area contributed by atoms with E-state index in [-0.39, 0.29) is 17.4 Å². The Hall–Kier alpha value is -2.88. The van der Waals surface area contributed by atoms with Crippen LogP contribution in [0.4, 0.5) is 0 Å². The molecule has 1 heterocycles. The molecule has 3 aromatic rings. The average Bonchev–Trinajstić information content (AvgIpc) is 3.16. The molecule has 0 saturated heterocycles. The molecule has 0 spiro atoms. The number of imidazole rings is 1. The maximum atomic E-state index is 12.5. The van der Waals surface area contributed by atoms with E-state index in [9.17, 15) is 4.79 Å². The first-order valence-electron chi connectivity index (χ1n) is 8.84. The second-order valence-electron chi connectivity index (χ2n) is 7.58. The first-order chi connectivity index (χ1) is 12.3. The molecule has 0 radical (unpaired) electrons. The minimum absolute atomic E-state index is 0.0587. The lowest BCUT2D eigenvalue weighted by atomic mass is 9.86. The monoisotopic (exact) mass is 347 g/mol. The number of aromatic nitrogens is 2. The van der Waals surface area contributed by atoms with Crippen molar-refractivity contribution in [2.75, 3.05) is 0 Å². The molecule has 1 N–H and O–H groups in total. The van der Waals surface area contributed by atoms with Gasteiger partial charge in [0.15, 0.2) is 0 Å². The third kappa shape index (κ3) is 4.02. The third-order valence-electron chi connectivity index (χ3n) is 4.56. The van der Waals surface area contributed by atoms with Crippen LogP contribution < -0.4 is 5.32 Å². The molecule has 0 aliphatic heterocycles. The highest BCUT2D eigenvalue weighted by Gasteiger charge is 2.15. The molecule has 1 aromatic heterocycles. The van der Waals surface area contributed by atoms with E-state index < -0.39 is 0 Å². The van der Waals surface area contributed by atoms with E-state index in [1.54, 1.807) is 12.5 Å². The maximum absolute atomic E-state index is 12.5. The summed E-state index contributed by atoms with van der Waals surface area (Å²) in [5.74, 6) is -0.0587. The standard InChI is InChI=1S/C22H25N3O/c1-16(17-7-11-20(12-8-17)25-14-13-23-15-25)24-21(26)18-5-9-19(10-6-18)22(2,3)4/h5-16H,1-4H3,(H,24,26). The van der Waals surface area contributed by atoms with E-state index in [1.165, 1.54) is 5.56 Å². The highest BCUT2D eigenvalue weighted by atomic mass is 16.1. The zero-order chi connectivity index (χ0) is 18.7.